The third-order valence-electron chi connectivity index (χ3n) is 4.61. The molecule has 0 fully saturated rings. The number of carbonyl (C=O) groups excluding carboxylic acids is 2. The van der Waals surface area contributed by atoms with Gasteiger partial charge in [-0.3, -0.25) is 19.7 Å². The van der Waals surface area contributed by atoms with E-state index in [9.17, 15) is 24.8 Å². The number of hydrogen-bond donors (Lipinski definition) is 3. The third kappa shape index (κ3) is 6.21. The Bertz CT molecular complexity index is 1020. The van der Waals surface area contributed by atoms with E-state index in [2.05, 4.69) is 10.6 Å². The molecular formula is C22H21N3O5S. The van der Waals surface area contributed by atoms with Gasteiger partial charge in [0.1, 0.15) is 6.04 Å². The van der Waals surface area contributed by atoms with Gasteiger partial charge in [-0.15, -0.1) is 11.3 Å². The fraction of sp³-hybridized carbons (Fsp3) is 0.182. The molecular weight excluding hydrogens is 418 g/mol. The molecule has 9 heteroatoms. The maximum atomic E-state index is 12.8. The monoisotopic (exact) mass is 439 g/mol. The molecule has 3 aromatic rings. The van der Waals surface area contributed by atoms with Crippen LogP contribution in [0.1, 0.15) is 26.9 Å². The van der Waals surface area contributed by atoms with Crippen molar-refractivity contribution < 1.29 is 19.6 Å². The van der Waals surface area contributed by atoms with E-state index in [1.54, 1.807) is 17.5 Å². The fourth-order valence-corrected chi connectivity index (χ4v) is 3.58. The maximum absolute atomic E-state index is 12.8. The van der Waals surface area contributed by atoms with E-state index in [0.29, 0.717) is 10.4 Å². The van der Waals surface area contributed by atoms with Gasteiger partial charge in [-0.25, -0.2) is 0 Å². The van der Waals surface area contributed by atoms with Crippen LogP contribution >= 0.6 is 11.3 Å². The summed E-state index contributed by atoms with van der Waals surface area (Å²) in [6.45, 7) is -0.100. The predicted molar refractivity (Wildman–Crippen MR) is 117 cm³/mol. The lowest BCUT2D eigenvalue weighted by molar-refractivity contribution is -0.384. The molecule has 0 radical (unpaired) electrons. The summed E-state index contributed by atoms with van der Waals surface area (Å²) < 4.78 is 0. The van der Waals surface area contributed by atoms with Crippen LogP contribution in [0.5, 0.6) is 0 Å². The summed E-state index contributed by atoms with van der Waals surface area (Å²) in [4.78, 5) is 36.0. The first kappa shape index (κ1) is 22.1. The van der Waals surface area contributed by atoms with Crippen molar-refractivity contribution >= 4 is 28.8 Å². The Morgan fingerprint density at radius 3 is 2.35 bits per heavy atom. The predicted octanol–water partition coefficient (Wildman–Crippen LogP) is 2.85. The number of nitrogens with zero attached hydrogens (tertiary/aromatic N) is 1. The van der Waals surface area contributed by atoms with Crippen molar-refractivity contribution in [2.24, 2.45) is 0 Å². The molecule has 8 nitrogen and oxygen atoms in total. The highest BCUT2D eigenvalue weighted by Gasteiger charge is 2.23. The zero-order chi connectivity index (χ0) is 22.2. The van der Waals surface area contributed by atoms with Crippen LogP contribution < -0.4 is 10.6 Å². The summed E-state index contributed by atoms with van der Waals surface area (Å²) in [5, 5.41) is 28.3. The van der Waals surface area contributed by atoms with Crippen LogP contribution in [0, 0.1) is 10.1 Å². The molecule has 2 amide bonds. The molecule has 0 aliphatic heterocycles. The minimum atomic E-state index is -1.05. The van der Waals surface area contributed by atoms with Crippen LogP contribution in [0.15, 0.2) is 72.1 Å². The second-order valence-corrected chi connectivity index (χ2v) is 7.75. The molecule has 0 spiro atoms. The van der Waals surface area contributed by atoms with Gasteiger partial charge < -0.3 is 15.7 Å². The summed E-state index contributed by atoms with van der Waals surface area (Å²) in [5.41, 5.74) is 1.23. The highest BCUT2D eigenvalue weighted by Crippen LogP contribution is 2.17. The number of nitro groups is 1. The number of hydrogen-bond acceptors (Lipinski definition) is 6. The van der Waals surface area contributed by atoms with Gasteiger partial charge in [-0.05, 0) is 34.7 Å². The molecule has 3 N–H and O–H groups in total. The zero-order valence-corrected chi connectivity index (χ0v) is 17.2. The quantitative estimate of drug-likeness (QED) is 0.350. The number of rotatable bonds is 9. The first-order chi connectivity index (χ1) is 14.9. The topological polar surface area (TPSA) is 122 Å². The smallest absolute Gasteiger partial charge is 0.269 e. The molecule has 1 aromatic heterocycles. The summed E-state index contributed by atoms with van der Waals surface area (Å²) in [6.07, 6.45) is -0.757. The summed E-state index contributed by atoms with van der Waals surface area (Å²) >= 11 is 1.28. The van der Waals surface area contributed by atoms with Crippen LogP contribution in [0.2, 0.25) is 0 Å². The first-order valence-electron chi connectivity index (χ1n) is 9.52. The lowest BCUT2D eigenvalue weighted by Crippen LogP contribution is -2.48. The highest BCUT2D eigenvalue weighted by atomic mass is 32.1. The van der Waals surface area contributed by atoms with Crippen LogP contribution in [0.25, 0.3) is 0 Å². The van der Waals surface area contributed by atoms with Crippen molar-refractivity contribution in [1.29, 1.82) is 0 Å². The molecule has 0 saturated carbocycles. The SMILES string of the molecule is O=C(N[C@H](Cc1ccccc1)C(=O)NC[C@@H](O)c1ccc([N+](=O)[O-])cc1)c1cccs1. The Morgan fingerprint density at radius 1 is 1.03 bits per heavy atom. The van der Waals surface area contributed by atoms with Crippen LogP contribution in [-0.2, 0) is 11.2 Å². The number of amides is 2. The van der Waals surface area contributed by atoms with E-state index in [-0.39, 0.29) is 24.6 Å². The van der Waals surface area contributed by atoms with Crippen LogP contribution in [-0.4, -0.2) is 34.4 Å². The lowest BCUT2D eigenvalue weighted by atomic mass is 10.0. The maximum Gasteiger partial charge on any atom is 0.269 e. The van der Waals surface area contributed by atoms with Crippen molar-refractivity contribution in [2.45, 2.75) is 18.6 Å². The van der Waals surface area contributed by atoms with Gasteiger partial charge in [0.25, 0.3) is 11.6 Å². The van der Waals surface area contributed by atoms with E-state index in [1.165, 1.54) is 35.6 Å². The normalized spacial score (nSPS) is 12.5. The summed E-state index contributed by atoms with van der Waals surface area (Å²) in [7, 11) is 0. The second kappa shape index (κ2) is 10.5. The summed E-state index contributed by atoms with van der Waals surface area (Å²) in [6, 6.07) is 17.4. The van der Waals surface area contributed by atoms with Crippen molar-refractivity contribution in [3.8, 4) is 0 Å². The number of nitro benzene ring substituents is 1. The van der Waals surface area contributed by atoms with Gasteiger partial charge in [-0.1, -0.05) is 36.4 Å². The molecule has 3 rings (SSSR count). The highest BCUT2D eigenvalue weighted by molar-refractivity contribution is 7.12. The first-order valence-corrected chi connectivity index (χ1v) is 10.4. The molecule has 0 unspecified atom stereocenters. The van der Waals surface area contributed by atoms with Crippen LogP contribution in [0.3, 0.4) is 0 Å². The van der Waals surface area contributed by atoms with E-state index >= 15 is 0 Å². The average molecular weight is 439 g/mol. The molecule has 0 saturated heterocycles. The van der Waals surface area contributed by atoms with Gasteiger partial charge in [0, 0.05) is 25.1 Å². The Labute approximate surface area is 182 Å². The molecule has 160 valence electrons. The Kier molecular flexibility index (Phi) is 7.47. The molecule has 0 aliphatic carbocycles. The Hall–Kier alpha value is -3.56. The fourth-order valence-electron chi connectivity index (χ4n) is 2.95. The third-order valence-corrected chi connectivity index (χ3v) is 5.48. The number of benzene rings is 2. The van der Waals surface area contributed by atoms with E-state index < -0.39 is 23.0 Å². The molecule has 0 aliphatic rings. The number of carbonyl (C=O) groups is 2. The van der Waals surface area contributed by atoms with Gasteiger partial charge in [0.15, 0.2) is 0 Å². The Morgan fingerprint density at radius 2 is 1.74 bits per heavy atom. The molecule has 1 heterocycles. The minimum Gasteiger partial charge on any atom is -0.387 e. The van der Waals surface area contributed by atoms with Gasteiger partial charge in [0.2, 0.25) is 5.91 Å². The lowest BCUT2D eigenvalue weighted by Gasteiger charge is -2.20. The number of non-ortho nitro benzene ring substituents is 1. The van der Waals surface area contributed by atoms with E-state index in [4.69, 9.17) is 0 Å². The van der Waals surface area contributed by atoms with Gasteiger partial charge in [0.05, 0.1) is 15.9 Å². The number of thiophene rings is 1. The Balaban J connectivity index is 1.65. The molecule has 2 aromatic carbocycles. The zero-order valence-electron chi connectivity index (χ0n) is 16.4. The number of aliphatic hydroxyl groups excluding tert-OH is 1. The van der Waals surface area contributed by atoms with E-state index in [1.807, 2.05) is 30.3 Å². The molecule has 0 bridgehead atoms. The second-order valence-electron chi connectivity index (χ2n) is 6.80. The largest absolute Gasteiger partial charge is 0.387 e. The minimum absolute atomic E-state index is 0.0841. The molecule has 2 atom stereocenters. The van der Waals surface area contributed by atoms with Crippen molar-refractivity contribution in [1.82, 2.24) is 10.6 Å². The van der Waals surface area contributed by atoms with Gasteiger partial charge >= 0.3 is 0 Å². The standard InChI is InChI=1S/C22H21N3O5S/c26-19(16-8-10-17(11-9-16)25(29)30)14-23-21(27)18(13-15-5-2-1-3-6-15)24-22(28)20-7-4-12-31-20/h1-12,18-19,26H,13-14H2,(H,23,27)(H,24,28)/t18-,19-/m1/s1. The molecule has 31 heavy (non-hydrogen) atoms. The summed E-state index contributed by atoms with van der Waals surface area (Å²) in [5.74, 6) is -0.781. The number of aliphatic hydroxyl groups is 1. The van der Waals surface area contributed by atoms with Crippen molar-refractivity contribution in [3.05, 3.63) is 98.2 Å². The van der Waals surface area contributed by atoms with Crippen molar-refractivity contribution in [2.75, 3.05) is 6.54 Å². The average Bonchev–Trinajstić information content (AvgIpc) is 3.32. The van der Waals surface area contributed by atoms with Gasteiger partial charge in [-0.2, -0.15) is 0 Å². The van der Waals surface area contributed by atoms with Crippen LogP contribution in [0.4, 0.5) is 5.69 Å². The van der Waals surface area contributed by atoms with Crippen molar-refractivity contribution in [3.63, 3.8) is 0 Å². The number of nitrogens with one attached hydrogen (secondary N) is 2. The van der Waals surface area contributed by atoms with E-state index in [0.717, 1.165) is 5.56 Å².